The van der Waals surface area contributed by atoms with Gasteiger partial charge in [0.1, 0.15) is 0 Å². The van der Waals surface area contributed by atoms with Crippen molar-refractivity contribution in [3.05, 3.63) is 51.5 Å². The van der Waals surface area contributed by atoms with Crippen LogP contribution in [0.3, 0.4) is 0 Å². The number of hydrogen-bond acceptors (Lipinski definition) is 5. The molecule has 0 atom stereocenters. The maximum Gasteiger partial charge on any atom is 0.272 e. The summed E-state index contributed by atoms with van der Waals surface area (Å²) in [6, 6.07) is 8.03. The van der Waals surface area contributed by atoms with Crippen LogP contribution in [-0.4, -0.2) is 33.5 Å². The molecule has 0 bridgehead atoms. The minimum Gasteiger partial charge on any atom is -0.493 e. The minimum atomic E-state index is -0.483. The monoisotopic (exact) mass is 382 g/mol. The molecular formula is C17H16Cl2N2O4. The molecule has 0 spiro atoms. The number of hydrogen-bond donors (Lipinski definition) is 1. The van der Waals surface area contributed by atoms with Gasteiger partial charge in [0, 0.05) is 10.6 Å². The Morgan fingerprint density at radius 3 is 2.40 bits per heavy atom. The molecule has 0 saturated carbocycles. The molecule has 0 fully saturated rings. The smallest absolute Gasteiger partial charge is 0.272 e. The Kier molecular flexibility index (Phi) is 6.50. The fourth-order valence-corrected chi connectivity index (χ4v) is 2.49. The molecule has 0 aliphatic heterocycles. The minimum absolute atomic E-state index is 0.227. The lowest BCUT2D eigenvalue weighted by Crippen LogP contribution is -2.18. The van der Waals surface area contributed by atoms with Crippen LogP contribution in [-0.2, 0) is 0 Å². The molecule has 0 heterocycles. The van der Waals surface area contributed by atoms with Gasteiger partial charge >= 0.3 is 0 Å². The summed E-state index contributed by atoms with van der Waals surface area (Å²) in [5.41, 5.74) is 3.22. The molecule has 0 unspecified atom stereocenters. The molecule has 2 rings (SSSR count). The van der Waals surface area contributed by atoms with Crippen LogP contribution in [0.15, 0.2) is 35.4 Å². The van der Waals surface area contributed by atoms with E-state index in [2.05, 4.69) is 10.5 Å². The van der Waals surface area contributed by atoms with Crippen LogP contribution in [0.1, 0.15) is 15.9 Å². The second-order valence-corrected chi connectivity index (χ2v) is 5.59. The van der Waals surface area contributed by atoms with E-state index in [-0.39, 0.29) is 10.6 Å². The zero-order valence-corrected chi connectivity index (χ0v) is 15.3. The molecule has 25 heavy (non-hydrogen) atoms. The van der Waals surface area contributed by atoms with Crippen molar-refractivity contribution in [1.29, 1.82) is 0 Å². The molecule has 0 aliphatic rings. The molecule has 2 aromatic carbocycles. The molecule has 132 valence electrons. The van der Waals surface area contributed by atoms with Crippen molar-refractivity contribution >= 4 is 35.3 Å². The molecule has 8 heteroatoms. The Labute approximate surface area is 155 Å². The number of hydrazone groups is 1. The second-order valence-electron chi connectivity index (χ2n) is 4.75. The van der Waals surface area contributed by atoms with Crippen molar-refractivity contribution in [2.24, 2.45) is 5.10 Å². The summed E-state index contributed by atoms with van der Waals surface area (Å²) >= 11 is 11.9. The summed E-state index contributed by atoms with van der Waals surface area (Å²) in [5, 5.41) is 4.61. The molecule has 0 saturated heterocycles. The Morgan fingerprint density at radius 2 is 1.76 bits per heavy atom. The van der Waals surface area contributed by atoms with Crippen molar-refractivity contribution < 1.29 is 19.0 Å². The van der Waals surface area contributed by atoms with Crippen LogP contribution in [0.25, 0.3) is 0 Å². The van der Waals surface area contributed by atoms with E-state index in [9.17, 15) is 4.79 Å². The van der Waals surface area contributed by atoms with Gasteiger partial charge < -0.3 is 14.2 Å². The molecule has 1 amide bonds. The van der Waals surface area contributed by atoms with E-state index in [0.717, 1.165) is 0 Å². The Morgan fingerprint density at radius 1 is 1.04 bits per heavy atom. The first-order valence-corrected chi connectivity index (χ1v) is 7.84. The number of carbonyl (C=O) groups is 1. The van der Waals surface area contributed by atoms with E-state index in [1.165, 1.54) is 33.6 Å². The highest BCUT2D eigenvalue weighted by Gasteiger charge is 2.15. The number of ether oxygens (including phenoxy) is 3. The Hall–Kier alpha value is -2.44. The molecular weight excluding hydrogens is 367 g/mol. The van der Waals surface area contributed by atoms with Gasteiger partial charge in [-0.05, 0) is 30.3 Å². The van der Waals surface area contributed by atoms with E-state index in [4.69, 9.17) is 37.4 Å². The average Bonchev–Trinajstić information content (AvgIpc) is 2.62. The van der Waals surface area contributed by atoms with Crippen molar-refractivity contribution in [3.63, 3.8) is 0 Å². The largest absolute Gasteiger partial charge is 0.493 e. The van der Waals surface area contributed by atoms with Gasteiger partial charge in [0.25, 0.3) is 5.91 Å². The van der Waals surface area contributed by atoms with Gasteiger partial charge in [-0.15, -0.1) is 0 Å². The number of halogens is 2. The molecule has 0 radical (unpaired) electrons. The first kappa shape index (κ1) is 18.9. The third-order valence-corrected chi connectivity index (χ3v) is 3.84. The number of benzene rings is 2. The van der Waals surface area contributed by atoms with Crippen molar-refractivity contribution in [2.75, 3.05) is 21.3 Å². The van der Waals surface area contributed by atoms with Crippen LogP contribution in [0, 0.1) is 0 Å². The average molecular weight is 383 g/mol. The molecule has 0 aliphatic carbocycles. The predicted molar refractivity (Wildman–Crippen MR) is 97.6 cm³/mol. The molecule has 6 nitrogen and oxygen atoms in total. The van der Waals surface area contributed by atoms with E-state index in [1.54, 1.807) is 24.3 Å². The number of methoxy groups -OCH3 is 3. The lowest BCUT2D eigenvalue weighted by atomic mass is 10.2. The van der Waals surface area contributed by atoms with Crippen LogP contribution >= 0.6 is 23.2 Å². The SMILES string of the molecule is COc1ccc(/C=N\NC(=O)c2cc(Cl)ccc2Cl)c(OC)c1OC. The highest BCUT2D eigenvalue weighted by Crippen LogP contribution is 2.38. The van der Waals surface area contributed by atoms with E-state index in [1.807, 2.05) is 0 Å². The molecule has 2 aromatic rings. The van der Waals surface area contributed by atoms with Crippen molar-refractivity contribution in [1.82, 2.24) is 5.43 Å². The van der Waals surface area contributed by atoms with Gasteiger partial charge in [-0.25, -0.2) is 5.43 Å². The lowest BCUT2D eigenvalue weighted by molar-refractivity contribution is 0.0955. The van der Waals surface area contributed by atoms with Gasteiger partial charge in [0.2, 0.25) is 5.75 Å². The maximum absolute atomic E-state index is 12.1. The quantitative estimate of drug-likeness (QED) is 0.609. The van der Waals surface area contributed by atoms with E-state index >= 15 is 0 Å². The maximum atomic E-state index is 12.1. The molecule has 1 N–H and O–H groups in total. The third kappa shape index (κ3) is 4.35. The van der Waals surface area contributed by atoms with Crippen LogP contribution in [0.4, 0.5) is 0 Å². The highest BCUT2D eigenvalue weighted by atomic mass is 35.5. The fraction of sp³-hybridized carbons (Fsp3) is 0.176. The highest BCUT2D eigenvalue weighted by molar-refractivity contribution is 6.35. The number of nitrogens with one attached hydrogen (secondary N) is 1. The third-order valence-electron chi connectivity index (χ3n) is 3.28. The standard InChI is InChI=1S/C17H16Cl2N2O4/c1-23-14-7-4-10(15(24-2)16(14)25-3)9-20-21-17(22)12-8-11(18)5-6-13(12)19/h4-9H,1-3H3,(H,21,22)/b20-9-. The van der Waals surface area contributed by atoms with Gasteiger partial charge in [-0.1, -0.05) is 23.2 Å². The topological polar surface area (TPSA) is 69.2 Å². The summed E-state index contributed by atoms with van der Waals surface area (Å²) < 4.78 is 15.8. The zero-order chi connectivity index (χ0) is 18.4. The number of nitrogens with zero attached hydrogens (tertiary/aromatic N) is 1. The first-order valence-electron chi connectivity index (χ1n) is 7.09. The summed E-state index contributed by atoms with van der Waals surface area (Å²) in [7, 11) is 4.53. The Balaban J connectivity index is 2.22. The van der Waals surface area contributed by atoms with E-state index < -0.39 is 5.91 Å². The van der Waals surface area contributed by atoms with Crippen LogP contribution in [0.2, 0.25) is 10.0 Å². The first-order chi connectivity index (χ1) is 12.0. The van der Waals surface area contributed by atoms with Gasteiger partial charge in [0.05, 0.1) is 38.1 Å². The summed E-state index contributed by atoms with van der Waals surface area (Å²) in [6.07, 6.45) is 1.43. The summed E-state index contributed by atoms with van der Waals surface area (Å²) in [6.45, 7) is 0. The zero-order valence-electron chi connectivity index (χ0n) is 13.8. The number of rotatable bonds is 6. The fourth-order valence-electron chi connectivity index (χ4n) is 2.12. The number of carbonyl (C=O) groups excluding carboxylic acids is 1. The molecule has 0 aromatic heterocycles. The summed E-state index contributed by atoms with van der Waals surface area (Å²) in [4.78, 5) is 12.1. The lowest BCUT2D eigenvalue weighted by Gasteiger charge is -2.13. The van der Waals surface area contributed by atoms with E-state index in [0.29, 0.717) is 27.8 Å². The van der Waals surface area contributed by atoms with Gasteiger partial charge in [0.15, 0.2) is 11.5 Å². The predicted octanol–water partition coefficient (Wildman–Crippen LogP) is 3.78. The van der Waals surface area contributed by atoms with Crippen molar-refractivity contribution in [3.8, 4) is 17.2 Å². The Bertz CT molecular complexity index is 809. The summed E-state index contributed by atoms with van der Waals surface area (Å²) in [5.74, 6) is 0.897. The van der Waals surface area contributed by atoms with Crippen molar-refractivity contribution in [2.45, 2.75) is 0 Å². The number of amides is 1. The van der Waals surface area contributed by atoms with Gasteiger partial charge in [-0.3, -0.25) is 4.79 Å². The van der Waals surface area contributed by atoms with Crippen LogP contribution < -0.4 is 19.6 Å². The van der Waals surface area contributed by atoms with Gasteiger partial charge in [-0.2, -0.15) is 5.10 Å². The second kappa shape index (κ2) is 8.60. The van der Waals surface area contributed by atoms with Crippen LogP contribution in [0.5, 0.6) is 17.2 Å². The normalized spacial score (nSPS) is 10.6.